The third-order valence-electron chi connectivity index (χ3n) is 3.78. The number of aliphatic hydroxyl groups excluding tert-OH is 1. The number of hydrogen-bond donors (Lipinski definition) is 2. The van der Waals surface area contributed by atoms with Crippen molar-refractivity contribution in [2.24, 2.45) is 0 Å². The summed E-state index contributed by atoms with van der Waals surface area (Å²) >= 11 is 0. The van der Waals surface area contributed by atoms with Crippen LogP contribution < -0.4 is 4.72 Å². The monoisotopic (exact) mass is 287 g/mol. The molecule has 3 rings (SSSR count). The Morgan fingerprint density at radius 1 is 1.47 bits per heavy atom. The maximum absolute atomic E-state index is 12.3. The Morgan fingerprint density at radius 3 is 2.79 bits per heavy atom. The van der Waals surface area contributed by atoms with Crippen LogP contribution >= 0.6 is 0 Å². The Balaban J connectivity index is 1.80. The third kappa shape index (κ3) is 2.31. The molecule has 7 heteroatoms. The van der Waals surface area contributed by atoms with Crippen LogP contribution in [0.25, 0.3) is 0 Å². The first kappa shape index (κ1) is 13.1. The minimum atomic E-state index is -3.62. The van der Waals surface area contributed by atoms with Crippen molar-refractivity contribution in [3.63, 3.8) is 0 Å². The van der Waals surface area contributed by atoms with Gasteiger partial charge in [-0.15, -0.1) is 0 Å². The van der Waals surface area contributed by atoms with Gasteiger partial charge in [0.05, 0.1) is 18.2 Å². The highest BCUT2D eigenvalue weighted by molar-refractivity contribution is 7.89. The predicted octanol–water partition coefficient (Wildman–Crippen LogP) is 0.679. The first-order chi connectivity index (χ1) is 8.99. The summed E-state index contributed by atoms with van der Waals surface area (Å²) in [5.41, 5.74) is 0. The predicted molar refractivity (Wildman–Crippen MR) is 66.0 cm³/mol. The maximum Gasteiger partial charge on any atom is 0.244 e. The second-order valence-corrected chi connectivity index (χ2v) is 6.81. The molecule has 3 atom stereocenters. The van der Waals surface area contributed by atoms with E-state index in [0.717, 1.165) is 19.3 Å². The quantitative estimate of drug-likeness (QED) is 0.850. The van der Waals surface area contributed by atoms with Gasteiger partial charge in [0.25, 0.3) is 0 Å². The number of nitrogens with one attached hydrogen (secondary N) is 1. The fraction of sp³-hybridized carbons (Fsp3) is 0.667. The minimum Gasteiger partial charge on any atom is -0.462 e. The molecule has 1 aromatic heterocycles. The first-order valence-electron chi connectivity index (χ1n) is 6.37. The molecule has 6 nitrogen and oxygen atoms in total. The van der Waals surface area contributed by atoms with Crippen LogP contribution in [-0.2, 0) is 21.4 Å². The average molecular weight is 287 g/mol. The molecular weight excluding hydrogens is 270 g/mol. The number of furan rings is 1. The molecule has 0 radical (unpaired) electrons. The molecule has 0 amide bonds. The van der Waals surface area contributed by atoms with E-state index >= 15 is 0 Å². The van der Waals surface area contributed by atoms with Gasteiger partial charge in [-0.2, -0.15) is 0 Å². The minimum absolute atomic E-state index is 0.00991. The molecule has 3 heterocycles. The Labute approximate surface area is 111 Å². The fourth-order valence-corrected chi connectivity index (χ4v) is 4.37. The van der Waals surface area contributed by atoms with Gasteiger partial charge in [0.1, 0.15) is 23.0 Å². The Morgan fingerprint density at radius 2 is 2.26 bits per heavy atom. The van der Waals surface area contributed by atoms with Gasteiger partial charge in [-0.05, 0) is 26.2 Å². The highest BCUT2D eigenvalue weighted by Gasteiger charge is 2.42. The lowest BCUT2D eigenvalue weighted by molar-refractivity contribution is 0.0996. The van der Waals surface area contributed by atoms with Crippen LogP contribution in [0.4, 0.5) is 0 Å². The van der Waals surface area contributed by atoms with Crippen LogP contribution in [0.5, 0.6) is 0 Å². The normalized spacial score (nSPS) is 30.1. The van der Waals surface area contributed by atoms with Crippen molar-refractivity contribution in [2.75, 3.05) is 0 Å². The van der Waals surface area contributed by atoms with E-state index in [0.29, 0.717) is 5.76 Å². The molecule has 2 aliphatic heterocycles. The van der Waals surface area contributed by atoms with Crippen LogP contribution in [-0.4, -0.2) is 31.8 Å². The summed E-state index contributed by atoms with van der Waals surface area (Å²) in [6.07, 6.45) is 2.83. The van der Waals surface area contributed by atoms with Crippen molar-refractivity contribution in [3.05, 3.63) is 17.6 Å². The Hall–Kier alpha value is -0.890. The van der Waals surface area contributed by atoms with E-state index in [1.165, 1.54) is 6.07 Å². The lowest BCUT2D eigenvalue weighted by Crippen LogP contribution is -2.41. The van der Waals surface area contributed by atoms with Gasteiger partial charge in [0, 0.05) is 6.07 Å². The molecule has 0 saturated carbocycles. The lowest BCUT2D eigenvalue weighted by atomic mass is 9.96. The smallest absolute Gasteiger partial charge is 0.244 e. The van der Waals surface area contributed by atoms with Crippen molar-refractivity contribution in [1.82, 2.24) is 4.72 Å². The standard InChI is InChI=1S/C12H17NO5S/c1-7-12(5-9(6-14)17-7)19(15,16)13-10-4-8-2-3-11(10)18-8/h5,8,10-11,13-14H,2-4,6H2,1H3. The van der Waals surface area contributed by atoms with Crippen molar-refractivity contribution >= 4 is 10.0 Å². The third-order valence-corrected chi connectivity index (χ3v) is 5.38. The zero-order chi connectivity index (χ0) is 13.6. The van der Waals surface area contributed by atoms with Crippen LogP contribution in [0.3, 0.4) is 0 Å². The number of rotatable bonds is 4. The molecular formula is C12H17NO5S. The molecule has 0 spiro atoms. The summed E-state index contributed by atoms with van der Waals surface area (Å²) in [7, 11) is -3.62. The molecule has 3 unspecified atom stereocenters. The highest BCUT2D eigenvalue weighted by atomic mass is 32.2. The molecule has 0 aromatic carbocycles. The van der Waals surface area contributed by atoms with Gasteiger partial charge in [-0.3, -0.25) is 0 Å². The molecule has 2 aliphatic rings. The Bertz CT molecular complexity index is 579. The van der Waals surface area contributed by atoms with E-state index in [1.807, 2.05) is 0 Å². The number of fused-ring (bicyclic) bond motifs is 2. The zero-order valence-electron chi connectivity index (χ0n) is 10.6. The molecule has 19 heavy (non-hydrogen) atoms. The molecule has 2 fully saturated rings. The van der Waals surface area contributed by atoms with Gasteiger partial charge in [0.2, 0.25) is 10.0 Å². The molecule has 1 aromatic rings. The van der Waals surface area contributed by atoms with E-state index < -0.39 is 10.0 Å². The van der Waals surface area contributed by atoms with Crippen molar-refractivity contribution in [3.8, 4) is 0 Å². The lowest BCUT2D eigenvalue weighted by Gasteiger charge is -2.19. The van der Waals surface area contributed by atoms with Crippen LogP contribution in [0.2, 0.25) is 0 Å². The first-order valence-corrected chi connectivity index (χ1v) is 7.86. The van der Waals surface area contributed by atoms with E-state index in [2.05, 4.69) is 4.72 Å². The fourth-order valence-electron chi connectivity index (χ4n) is 2.89. The van der Waals surface area contributed by atoms with Gasteiger partial charge in [0.15, 0.2) is 0 Å². The van der Waals surface area contributed by atoms with Crippen LogP contribution in [0, 0.1) is 6.92 Å². The largest absolute Gasteiger partial charge is 0.462 e. The summed E-state index contributed by atoms with van der Waals surface area (Å²) < 4.78 is 38.1. The summed E-state index contributed by atoms with van der Waals surface area (Å²) in [5, 5.41) is 8.98. The second-order valence-electron chi connectivity index (χ2n) is 5.13. The number of aryl methyl sites for hydroxylation is 1. The highest BCUT2D eigenvalue weighted by Crippen LogP contribution is 2.35. The maximum atomic E-state index is 12.3. The summed E-state index contributed by atoms with van der Waals surface area (Å²) in [4.78, 5) is 0.0966. The molecule has 106 valence electrons. The van der Waals surface area contributed by atoms with Gasteiger partial charge in [-0.25, -0.2) is 13.1 Å². The summed E-state index contributed by atoms with van der Waals surface area (Å²) in [6.45, 7) is 1.26. The van der Waals surface area contributed by atoms with E-state index in [9.17, 15) is 8.42 Å². The van der Waals surface area contributed by atoms with E-state index in [4.69, 9.17) is 14.3 Å². The number of aliphatic hydroxyl groups is 1. The molecule has 2 saturated heterocycles. The number of sulfonamides is 1. The van der Waals surface area contributed by atoms with Gasteiger partial charge >= 0.3 is 0 Å². The zero-order valence-corrected chi connectivity index (χ0v) is 11.4. The van der Waals surface area contributed by atoms with Crippen molar-refractivity contribution < 1.29 is 22.7 Å². The second kappa shape index (κ2) is 4.59. The molecule has 2 N–H and O–H groups in total. The van der Waals surface area contributed by atoms with Gasteiger partial charge < -0.3 is 14.3 Å². The van der Waals surface area contributed by atoms with Crippen LogP contribution in [0.1, 0.15) is 30.8 Å². The summed E-state index contributed by atoms with van der Waals surface area (Å²) in [6, 6.07) is 1.21. The molecule has 2 bridgehead atoms. The molecule has 0 aliphatic carbocycles. The Kier molecular flexibility index (Phi) is 3.17. The topological polar surface area (TPSA) is 88.8 Å². The van der Waals surface area contributed by atoms with Gasteiger partial charge in [-0.1, -0.05) is 0 Å². The van der Waals surface area contributed by atoms with E-state index in [1.54, 1.807) is 6.92 Å². The number of hydrogen-bond acceptors (Lipinski definition) is 5. The average Bonchev–Trinajstić information content (AvgIpc) is 3.02. The van der Waals surface area contributed by atoms with Crippen molar-refractivity contribution in [2.45, 2.75) is 55.9 Å². The van der Waals surface area contributed by atoms with Crippen molar-refractivity contribution in [1.29, 1.82) is 0 Å². The SMILES string of the molecule is Cc1oc(CO)cc1S(=O)(=O)NC1CC2CCC1O2. The summed E-state index contributed by atoms with van der Waals surface area (Å²) in [5.74, 6) is 0.544. The van der Waals surface area contributed by atoms with E-state index in [-0.39, 0.29) is 35.5 Å². The number of ether oxygens (including phenoxy) is 1. The van der Waals surface area contributed by atoms with Crippen LogP contribution in [0.15, 0.2) is 15.4 Å².